The summed E-state index contributed by atoms with van der Waals surface area (Å²) in [5, 5.41) is 4.51. The molecule has 3 aliphatic heterocycles. The van der Waals surface area contributed by atoms with E-state index < -0.39 is 11.6 Å². The van der Waals surface area contributed by atoms with Crippen LogP contribution in [0.5, 0.6) is 6.01 Å². The van der Waals surface area contributed by atoms with Gasteiger partial charge in [-0.05, 0) is 44.5 Å². The van der Waals surface area contributed by atoms with E-state index in [2.05, 4.69) is 25.1 Å². The van der Waals surface area contributed by atoms with Gasteiger partial charge in [0.1, 0.15) is 23.3 Å². The third kappa shape index (κ3) is 4.03. The van der Waals surface area contributed by atoms with Crippen molar-refractivity contribution in [2.45, 2.75) is 37.5 Å². The van der Waals surface area contributed by atoms with Gasteiger partial charge in [-0.15, -0.1) is 0 Å². The average molecular weight is 558 g/mol. The minimum Gasteiger partial charge on any atom is -0.459 e. The number of aromatic nitrogens is 3. The van der Waals surface area contributed by atoms with Crippen LogP contribution in [0.25, 0.3) is 32.2 Å². The van der Waals surface area contributed by atoms with E-state index in [-0.39, 0.29) is 43.6 Å². The zero-order valence-electron chi connectivity index (χ0n) is 20.7. The SMILES string of the molecule is CN1CCC(Oc2nc(N3CC4CCC(C3)N4)c3cc(Cl)c(-c4ccc(F)c5sc(N)nc45)c(F)c3n2)C1. The zero-order chi connectivity index (χ0) is 26.1. The van der Waals surface area contributed by atoms with E-state index in [1.165, 1.54) is 12.1 Å². The average Bonchev–Trinajstić information content (AvgIpc) is 3.58. The quantitative estimate of drug-likeness (QED) is 0.380. The van der Waals surface area contributed by atoms with Gasteiger partial charge in [-0.1, -0.05) is 22.9 Å². The molecule has 0 spiro atoms. The van der Waals surface area contributed by atoms with Crippen molar-refractivity contribution in [3.05, 3.63) is 34.9 Å². The molecule has 0 aliphatic carbocycles. The lowest BCUT2D eigenvalue weighted by molar-refractivity contribution is 0.192. The van der Waals surface area contributed by atoms with Gasteiger partial charge in [0.2, 0.25) is 0 Å². The second-order valence-electron chi connectivity index (χ2n) is 10.4. The van der Waals surface area contributed by atoms with Gasteiger partial charge in [0.05, 0.1) is 15.2 Å². The van der Waals surface area contributed by atoms with Gasteiger partial charge in [-0.2, -0.15) is 9.97 Å². The van der Waals surface area contributed by atoms with Crippen LogP contribution in [0.4, 0.5) is 19.7 Å². The van der Waals surface area contributed by atoms with Crippen LogP contribution in [0.1, 0.15) is 19.3 Å². The number of nitrogens with two attached hydrogens (primary N) is 1. The Morgan fingerprint density at radius 2 is 1.87 bits per heavy atom. The number of thiazole rings is 1. The monoisotopic (exact) mass is 557 g/mol. The predicted molar refractivity (Wildman–Crippen MR) is 146 cm³/mol. The first-order valence-corrected chi connectivity index (χ1v) is 13.9. The number of ether oxygens (including phenoxy) is 1. The van der Waals surface area contributed by atoms with Crippen LogP contribution >= 0.6 is 22.9 Å². The van der Waals surface area contributed by atoms with Gasteiger partial charge >= 0.3 is 6.01 Å². The van der Waals surface area contributed by atoms with Gasteiger partial charge in [0.15, 0.2) is 10.9 Å². The molecule has 5 heterocycles. The Kier molecular flexibility index (Phi) is 5.80. The molecule has 8 nitrogen and oxygen atoms in total. The van der Waals surface area contributed by atoms with E-state index in [4.69, 9.17) is 27.1 Å². The smallest absolute Gasteiger partial charge is 0.319 e. The number of hydrogen-bond acceptors (Lipinski definition) is 9. The maximum absolute atomic E-state index is 16.5. The highest BCUT2D eigenvalue weighted by molar-refractivity contribution is 7.22. The predicted octanol–water partition coefficient (Wildman–Crippen LogP) is 4.44. The first kappa shape index (κ1) is 24.2. The molecule has 2 aromatic carbocycles. The number of likely N-dealkylation sites (N-methyl/N-ethyl adjacent to an activating group) is 1. The first-order valence-electron chi connectivity index (χ1n) is 12.7. The summed E-state index contributed by atoms with van der Waals surface area (Å²) in [5.74, 6) is -0.475. The Bertz CT molecular complexity index is 1570. The topological polar surface area (TPSA) is 92.4 Å². The number of fused-ring (bicyclic) bond motifs is 4. The van der Waals surface area contributed by atoms with E-state index in [0.29, 0.717) is 28.9 Å². The number of likely N-dealkylation sites (tertiary alicyclic amines) is 1. The number of nitrogens with zero attached hydrogens (tertiary/aromatic N) is 5. The highest BCUT2D eigenvalue weighted by atomic mass is 35.5. The second-order valence-corrected chi connectivity index (χ2v) is 11.9. The van der Waals surface area contributed by atoms with Crippen LogP contribution in [-0.2, 0) is 0 Å². The Balaban J connectivity index is 1.41. The highest BCUT2D eigenvalue weighted by Crippen LogP contribution is 2.43. The van der Waals surface area contributed by atoms with E-state index in [1.807, 2.05) is 7.05 Å². The van der Waals surface area contributed by atoms with Crippen LogP contribution in [-0.4, -0.2) is 71.3 Å². The van der Waals surface area contributed by atoms with Gasteiger partial charge in [-0.3, -0.25) is 0 Å². The van der Waals surface area contributed by atoms with E-state index >= 15 is 4.39 Å². The maximum Gasteiger partial charge on any atom is 0.319 e. The van der Waals surface area contributed by atoms with Crippen molar-refractivity contribution in [1.29, 1.82) is 0 Å². The summed E-state index contributed by atoms with van der Waals surface area (Å²) in [7, 11) is 2.04. The van der Waals surface area contributed by atoms with Crippen molar-refractivity contribution in [1.82, 2.24) is 25.2 Å². The Morgan fingerprint density at radius 3 is 2.61 bits per heavy atom. The normalized spacial score (nSPS) is 23.7. The molecule has 7 rings (SSSR count). The third-order valence-electron chi connectivity index (χ3n) is 7.76. The molecule has 3 N–H and O–H groups in total. The minimum atomic E-state index is -0.623. The number of nitrogen functional groups attached to an aromatic ring is 1. The molecule has 3 unspecified atom stereocenters. The first-order chi connectivity index (χ1) is 18.3. The van der Waals surface area contributed by atoms with E-state index in [9.17, 15) is 4.39 Å². The molecule has 4 aromatic rings. The van der Waals surface area contributed by atoms with Crippen LogP contribution in [0, 0.1) is 11.6 Å². The molecule has 0 saturated carbocycles. The van der Waals surface area contributed by atoms with Crippen molar-refractivity contribution in [2.24, 2.45) is 0 Å². The van der Waals surface area contributed by atoms with Crippen molar-refractivity contribution >= 4 is 55.0 Å². The molecule has 0 radical (unpaired) electrons. The van der Waals surface area contributed by atoms with E-state index in [0.717, 1.165) is 56.8 Å². The number of nitrogens with one attached hydrogen (secondary N) is 1. The summed E-state index contributed by atoms with van der Waals surface area (Å²) >= 11 is 7.77. The third-order valence-corrected chi connectivity index (χ3v) is 8.95. The standard InChI is InChI=1S/C26H26ClF2N7OS/c1-35-7-6-14(11-35)37-26-33-21-16(24(34-26)36-9-12-2-3-13(10-36)31-12)8-17(27)19(20(21)29)15-4-5-18(28)23-22(15)32-25(30)38-23/h4-5,8,12-14,31H,2-3,6-7,9-11H2,1H3,(H2,30,32). The van der Waals surface area contributed by atoms with E-state index in [1.54, 1.807) is 6.07 Å². The number of anilines is 2. The molecule has 0 amide bonds. The molecule has 198 valence electrons. The number of halogens is 3. The van der Waals surface area contributed by atoms with Crippen LogP contribution in [0.15, 0.2) is 18.2 Å². The number of hydrogen-bond donors (Lipinski definition) is 2. The number of piperazine rings is 1. The summed E-state index contributed by atoms with van der Waals surface area (Å²) in [6.45, 7) is 3.18. The largest absolute Gasteiger partial charge is 0.459 e. The minimum absolute atomic E-state index is 0.0750. The van der Waals surface area contributed by atoms with Gasteiger partial charge < -0.3 is 25.6 Å². The van der Waals surface area contributed by atoms with Gasteiger partial charge in [-0.25, -0.2) is 13.8 Å². The molecule has 3 saturated heterocycles. The molecular weight excluding hydrogens is 532 g/mol. The van der Waals surface area contributed by atoms with Gasteiger partial charge in [0.25, 0.3) is 0 Å². The Labute approximate surface area is 226 Å². The molecule has 3 aliphatic rings. The van der Waals surface area contributed by atoms with Crippen LogP contribution in [0.3, 0.4) is 0 Å². The Hall–Kier alpha value is -2.86. The van der Waals surface area contributed by atoms with Crippen LogP contribution < -0.4 is 20.7 Å². The van der Waals surface area contributed by atoms with Crippen molar-refractivity contribution in [2.75, 3.05) is 43.9 Å². The molecule has 3 fully saturated rings. The summed E-state index contributed by atoms with van der Waals surface area (Å²) in [6, 6.07) is 5.32. The molecular formula is C26H26ClF2N7OS. The molecule has 12 heteroatoms. The summed E-state index contributed by atoms with van der Waals surface area (Å²) in [4.78, 5) is 18.0. The fraction of sp³-hybridized carbons (Fsp3) is 0.423. The van der Waals surface area contributed by atoms with Crippen molar-refractivity contribution in [3.63, 3.8) is 0 Å². The Morgan fingerprint density at radius 1 is 1.08 bits per heavy atom. The molecule has 2 aromatic heterocycles. The highest BCUT2D eigenvalue weighted by Gasteiger charge is 2.35. The molecule has 38 heavy (non-hydrogen) atoms. The van der Waals surface area contributed by atoms with Crippen molar-refractivity contribution < 1.29 is 13.5 Å². The molecule has 2 bridgehead atoms. The summed E-state index contributed by atoms with van der Waals surface area (Å²) in [5.41, 5.74) is 6.72. The zero-order valence-corrected chi connectivity index (χ0v) is 22.3. The second kappa shape index (κ2) is 9.11. The molecule has 3 atom stereocenters. The number of benzene rings is 2. The number of rotatable bonds is 4. The van der Waals surface area contributed by atoms with Crippen molar-refractivity contribution in [3.8, 4) is 17.1 Å². The lowest BCUT2D eigenvalue weighted by atomic mass is 10.0. The fourth-order valence-corrected chi connectivity index (χ4v) is 7.06. The lowest BCUT2D eigenvalue weighted by Crippen LogP contribution is -2.51. The van der Waals surface area contributed by atoms with Gasteiger partial charge in [0, 0.05) is 54.8 Å². The van der Waals surface area contributed by atoms with Crippen LogP contribution in [0.2, 0.25) is 5.02 Å². The lowest BCUT2D eigenvalue weighted by Gasteiger charge is -2.34. The summed E-state index contributed by atoms with van der Waals surface area (Å²) < 4.78 is 37.4. The maximum atomic E-state index is 16.5. The summed E-state index contributed by atoms with van der Waals surface area (Å²) in [6.07, 6.45) is 2.96. The fourth-order valence-electron chi connectivity index (χ4n) is 6.00.